The van der Waals surface area contributed by atoms with Crippen LogP contribution in [0.15, 0.2) is 59.5 Å². The Hall–Kier alpha value is -1.81. The lowest BCUT2D eigenvalue weighted by atomic mass is 9.99. The number of hydrogen-bond donors (Lipinski definition) is 1. The van der Waals surface area contributed by atoms with Crippen molar-refractivity contribution in [2.75, 3.05) is 7.11 Å². The highest BCUT2D eigenvalue weighted by molar-refractivity contribution is 7.86. The molecule has 0 aromatic heterocycles. The summed E-state index contributed by atoms with van der Waals surface area (Å²) in [5.74, 6) is 0. The second-order valence-electron chi connectivity index (χ2n) is 7.03. The molecule has 0 bridgehead atoms. The highest BCUT2D eigenvalue weighted by Crippen LogP contribution is 2.30. The van der Waals surface area contributed by atoms with E-state index in [1.54, 1.807) is 19.1 Å². The summed E-state index contributed by atoms with van der Waals surface area (Å²) in [6, 6.07) is 15.7. The van der Waals surface area contributed by atoms with Crippen molar-refractivity contribution in [2.24, 2.45) is 0 Å². The Kier molecular flexibility index (Phi) is 7.05. The van der Waals surface area contributed by atoms with Crippen LogP contribution in [0.4, 0.5) is 0 Å². The van der Waals surface area contributed by atoms with E-state index in [0.717, 1.165) is 11.1 Å². The standard InChI is InChI=1S/C21H26O7S/c1-14-9-11-17(12-10-14)29(23,24)28-20-19(18(22)15(2)27-21(20)25-3)26-13-16-7-5-4-6-8-16/h4-12,15,18-22H,13H2,1-3H3/t15-,18-,19+,20+,21+/m0/s1. The van der Waals surface area contributed by atoms with E-state index in [1.807, 2.05) is 37.3 Å². The van der Waals surface area contributed by atoms with Crippen LogP contribution in [0.1, 0.15) is 18.1 Å². The normalized spacial score (nSPS) is 27.7. The first-order chi connectivity index (χ1) is 13.8. The van der Waals surface area contributed by atoms with Crippen LogP contribution < -0.4 is 0 Å². The van der Waals surface area contributed by atoms with Gasteiger partial charge in [-0.05, 0) is 31.5 Å². The van der Waals surface area contributed by atoms with Crippen LogP contribution in [-0.2, 0) is 35.1 Å². The number of ether oxygens (including phenoxy) is 3. The van der Waals surface area contributed by atoms with Crippen molar-refractivity contribution in [2.45, 2.75) is 56.1 Å². The lowest BCUT2D eigenvalue weighted by Crippen LogP contribution is -2.59. The molecule has 2 aromatic carbocycles. The van der Waals surface area contributed by atoms with Gasteiger partial charge in [0.1, 0.15) is 12.2 Å². The van der Waals surface area contributed by atoms with Crippen LogP contribution in [0.2, 0.25) is 0 Å². The third kappa shape index (κ3) is 5.22. The first-order valence-electron chi connectivity index (χ1n) is 9.33. The number of rotatable bonds is 7. The summed E-state index contributed by atoms with van der Waals surface area (Å²) in [6.07, 6.45) is -4.88. The Morgan fingerprint density at radius 2 is 1.69 bits per heavy atom. The zero-order chi connectivity index (χ0) is 21.0. The molecule has 0 radical (unpaired) electrons. The molecule has 1 fully saturated rings. The van der Waals surface area contributed by atoms with E-state index in [4.69, 9.17) is 18.4 Å². The van der Waals surface area contributed by atoms with Gasteiger partial charge < -0.3 is 19.3 Å². The zero-order valence-electron chi connectivity index (χ0n) is 16.6. The second kappa shape index (κ2) is 9.34. The Balaban J connectivity index is 1.84. The number of methoxy groups -OCH3 is 1. The minimum atomic E-state index is -4.13. The molecule has 1 saturated heterocycles. The molecule has 1 aliphatic heterocycles. The summed E-state index contributed by atoms with van der Waals surface area (Å²) < 4.78 is 47.9. The molecule has 7 nitrogen and oxygen atoms in total. The summed E-state index contributed by atoms with van der Waals surface area (Å²) in [6.45, 7) is 3.70. The van der Waals surface area contributed by atoms with Gasteiger partial charge in [0.2, 0.25) is 0 Å². The zero-order valence-corrected chi connectivity index (χ0v) is 17.4. The maximum absolute atomic E-state index is 12.8. The summed E-state index contributed by atoms with van der Waals surface area (Å²) >= 11 is 0. The SMILES string of the molecule is CO[C@@H]1O[C@@H](C)[C@H](O)[C@@H](OCc2ccccc2)[C@H]1OS(=O)(=O)c1ccc(C)cc1. The minimum absolute atomic E-state index is 0.00729. The van der Waals surface area contributed by atoms with Crippen LogP contribution in [0.3, 0.4) is 0 Å². The molecular weight excluding hydrogens is 396 g/mol. The highest BCUT2D eigenvalue weighted by atomic mass is 32.2. The monoisotopic (exact) mass is 422 g/mol. The van der Waals surface area contributed by atoms with Gasteiger partial charge in [-0.25, -0.2) is 0 Å². The predicted octanol–water partition coefficient (Wildman–Crippen LogP) is 2.41. The fraction of sp³-hybridized carbons (Fsp3) is 0.429. The Labute approximate surface area is 171 Å². The van der Waals surface area contributed by atoms with E-state index < -0.39 is 40.8 Å². The van der Waals surface area contributed by atoms with Crippen LogP contribution in [0.5, 0.6) is 0 Å². The van der Waals surface area contributed by atoms with Crippen molar-refractivity contribution in [3.05, 3.63) is 65.7 Å². The maximum atomic E-state index is 12.8. The van der Waals surface area contributed by atoms with Crippen molar-refractivity contribution in [1.29, 1.82) is 0 Å². The number of aliphatic hydroxyl groups is 1. The van der Waals surface area contributed by atoms with E-state index in [1.165, 1.54) is 19.2 Å². The molecule has 1 heterocycles. The quantitative estimate of drug-likeness (QED) is 0.685. The van der Waals surface area contributed by atoms with Crippen molar-refractivity contribution in [3.8, 4) is 0 Å². The van der Waals surface area contributed by atoms with Gasteiger partial charge in [-0.1, -0.05) is 48.0 Å². The van der Waals surface area contributed by atoms with E-state index in [9.17, 15) is 13.5 Å². The summed E-state index contributed by atoms with van der Waals surface area (Å²) in [5, 5.41) is 10.6. The van der Waals surface area contributed by atoms with Gasteiger partial charge in [-0.2, -0.15) is 8.42 Å². The number of aryl methyl sites for hydroxylation is 1. The molecule has 3 rings (SSSR count). The fourth-order valence-corrected chi connectivity index (χ4v) is 4.22. The van der Waals surface area contributed by atoms with Gasteiger partial charge >= 0.3 is 0 Å². The summed E-state index contributed by atoms with van der Waals surface area (Å²) in [7, 11) is -2.74. The van der Waals surface area contributed by atoms with E-state index in [2.05, 4.69) is 0 Å². The molecule has 0 spiro atoms. The lowest BCUT2D eigenvalue weighted by Gasteiger charge is -2.42. The molecule has 158 valence electrons. The van der Waals surface area contributed by atoms with Gasteiger partial charge in [-0.15, -0.1) is 0 Å². The molecule has 5 atom stereocenters. The first-order valence-corrected chi connectivity index (χ1v) is 10.7. The summed E-state index contributed by atoms with van der Waals surface area (Å²) in [5.41, 5.74) is 1.81. The number of benzene rings is 2. The van der Waals surface area contributed by atoms with E-state index in [-0.39, 0.29) is 11.5 Å². The molecule has 2 aromatic rings. The molecule has 0 amide bonds. The predicted molar refractivity (Wildman–Crippen MR) is 106 cm³/mol. The van der Waals surface area contributed by atoms with Crippen molar-refractivity contribution in [3.63, 3.8) is 0 Å². The van der Waals surface area contributed by atoms with Gasteiger partial charge in [0.05, 0.1) is 17.6 Å². The third-order valence-electron chi connectivity index (χ3n) is 4.82. The molecule has 0 unspecified atom stereocenters. The second-order valence-corrected chi connectivity index (χ2v) is 8.60. The van der Waals surface area contributed by atoms with Crippen molar-refractivity contribution in [1.82, 2.24) is 0 Å². The molecule has 1 N–H and O–H groups in total. The van der Waals surface area contributed by atoms with E-state index >= 15 is 0 Å². The maximum Gasteiger partial charge on any atom is 0.297 e. The lowest BCUT2D eigenvalue weighted by molar-refractivity contribution is -0.288. The van der Waals surface area contributed by atoms with Gasteiger partial charge in [0.25, 0.3) is 10.1 Å². The Morgan fingerprint density at radius 1 is 1.03 bits per heavy atom. The third-order valence-corrected chi connectivity index (χ3v) is 6.15. The van der Waals surface area contributed by atoms with Gasteiger partial charge in [0.15, 0.2) is 12.4 Å². The molecular formula is C21H26O7S. The molecule has 8 heteroatoms. The first kappa shape index (κ1) is 21.9. The van der Waals surface area contributed by atoms with Crippen LogP contribution >= 0.6 is 0 Å². The van der Waals surface area contributed by atoms with Gasteiger partial charge in [-0.3, -0.25) is 4.18 Å². The highest BCUT2D eigenvalue weighted by Gasteiger charge is 2.47. The van der Waals surface area contributed by atoms with Gasteiger partial charge in [0, 0.05) is 7.11 Å². The van der Waals surface area contributed by atoms with Crippen LogP contribution in [-0.4, -0.2) is 51.3 Å². The summed E-state index contributed by atoms with van der Waals surface area (Å²) in [4.78, 5) is 0.00729. The molecule has 0 aliphatic carbocycles. The molecule has 1 aliphatic rings. The minimum Gasteiger partial charge on any atom is -0.388 e. The topological polar surface area (TPSA) is 91.3 Å². The average molecular weight is 422 g/mol. The fourth-order valence-electron chi connectivity index (χ4n) is 3.14. The van der Waals surface area contributed by atoms with E-state index in [0.29, 0.717) is 0 Å². The Morgan fingerprint density at radius 3 is 2.31 bits per heavy atom. The molecule has 0 saturated carbocycles. The van der Waals surface area contributed by atoms with Crippen LogP contribution in [0, 0.1) is 6.92 Å². The molecule has 29 heavy (non-hydrogen) atoms. The van der Waals surface area contributed by atoms with Crippen molar-refractivity contribution >= 4 is 10.1 Å². The Bertz CT molecular complexity index is 883. The number of hydrogen-bond acceptors (Lipinski definition) is 7. The largest absolute Gasteiger partial charge is 0.388 e. The number of aliphatic hydroxyl groups excluding tert-OH is 1. The van der Waals surface area contributed by atoms with Crippen molar-refractivity contribution < 1.29 is 31.9 Å². The smallest absolute Gasteiger partial charge is 0.297 e. The van der Waals surface area contributed by atoms with Crippen LogP contribution in [0.25, 0.3) is 0 Å². The average Bonchev–Trinajstić information content (AvgIpc) is 2.71.